The molecule has 1 amide bonds. The Hall–Kier alpha value is -1.83. The zero-order valence-electron chi connectivity index (χ0n) is 15.8. The van der Waals surface area contributed by atoms with Gasteiger partial charge in [0.1, 0.15) is 12.1 Å². The van der Waals surface area contributed by atoms with Gasteiger partial charge in [-0.05, 0) is 34.6 Å². The maximum atomic E-state index is 12.5. The van der Waals surface area contributed by atoms with Crippen molar-refractivity contribution >= 4 is 18.0 Å². The SMILES string of the molecule is CCOC(=O)CN(CC1(CC(=O)OCC)COC1)C(=O)OC(C)(C)C. The summed E-state index contributed by atoms with van der Waals surface area (Å²) in [6.07, 6.45) is -0.515. The second-order valence-electron chi connectivity index (χ2n) is 7.12. The molecule has 144 valence electrons. The molecule has 0 N–H and O–H groups in total. The first-order chi connectivity index (χ1) is 11.6. The number of hydrogen-bond donors (Lipinski definition) is 0. The maximum absolute atomic E-state index is 12.5. The molecule has 0 spiro atoms. The summed E-state index contributed by atoms with van der Waals surface area (Å²) in [5.41, 5.74) is -1.27. The van der Waals surface area contributed by atoms with E-state index < -0.39 is 23.1 Å². The molecule has 1 saturated heterocycles. The molecule has 8 nitrogen and oxygen atoms in total. The molecule has 8 heteroatoms. The van der Waals surface area contributed by atoms with Crippen LogP contribution in [0.5, 0.6) is 0 Å². The lowest BCUT2D eigenvalue weighted by Gasteiger charge is -2.43. The molecule has 0 aromatic rings. The molecule has 0 saturated carbocycles. The summed E-state index contributed by atoms with van der Waals surface area (Å²) in [5.74, 6) is -0.883. The summed E-state index contributed by atoms with van der Waals surface area (Å²) >= 11 is 0. The molecular weight excluding hydrogens is 330 g/mol. The van der Waals surface area contributed by atoms with Gasteiger partial charge in [-0.1, -0.05) is 0 Å². The van der Waals surface area contributed by atoms with E-state index in [9.17, 15) is 14.4 Å². The molecule has 1 aliphatic heterocycles. The van der Waals surface area contributed by atoms with Gasteiger partial charge in [0.15, 0.2) is 0 Å². The molecule has 0 atom stereocenters. The van der Waals surface area contributed by atoms with E-state index in [1.807, 2.05) is 0 Å². The standard InChI is InChI=1S/C17H29NO7/c1-6-23-13(19)8-17(11-22-12-17)10-18(9-14(20)24-7-2)15(21)25-16(3,4)5/h6-12H2,1-5H3. The third-order valence-corrected chi connectivity index (χ3v) is 3.44. The van der Waals surface area contributed by atoms with E-state index >= 15 is 0 Å². The van der Waals surface area contributed by atoms with E-state index in [1.54, 1.807) is 34.6 Å². The van der Waals surface area contributed by atoms with Crippen molar-refractivity contribution in [2.75, 3.05) is 39.5 Å². The van der Waals surface area contributed by atoms with Crippen molar-refractivity contribution in [3.8, 4) is 0 Å². The van der Waals surface area contributed by atoms with Crippen molar-refractivity contribution in [3.05, 3.63) is 0 Å². The largest absolute Gasteiger partial charge is 0.466 e. The summed E-state index contributed by atoms with van der Waals surface area (Å²) in [7, 11) is 0. The number of ether oxygens (including phenoxy) is 4. The average Bonchev–Trinajstić information content (AvgIpc) is 2.42. The van der Waals surface area contributed by atoms with Crippen LogP contribution in [-0.2, 0) is 28.5 Å². The average molecular weight is 359 g/mol. The molecule has 1 aliphatic rings. The van der Waals surface area contributed by atoms with Gasteiger partial charge in [0.25, 0.3) is 0 Å². The van der Waals surface area contributed by atoms with Gasteiger partial charge in [-0.15, -0.1) is 0 Å². The van der Waals surface area contributed by atoms with Crippen molar-refractivity contribution in [1.29, 1.82) is 0 Å². The van der Waals surface area contributed by atoms with Crippen LogP contribution >= 0.6 is 0 Å². The van der Waals surface area contributed by atoms with Crippen LogP contribution in [0.3, 0.4) is 0 Å². The fourth-order valence-corrected chi connectivity index (χ4v) is 2.44. The highest BCUT2D eigenvalue weighted by Gasteiger charge is 2.44. The highest BCUT2D eigenvalue weighted by Crippen LogP contribution is 2.33. The fourth-order valence-electron chi connectivity index (χ4n) is 2.44. The van der Waals surface area contributed by atoms with Crippen LogP contribution in [0.4, 0.5) is 4.79 Å². The van der Waals surface area contributed by atoms with Gasteiger partial charge < -0.3 is 18.9 Å². The molecule has 0 radical (unpaired) electrons. The normalized spacial score (nSPS) is 15.7. The lowest BCUT2D eigenvalue weighted by Crippen LogP contribution is -2.55. The zero-order chi connectivity index (χ0) is 19.1. The Balaban J connectivity index is 2.84. The second kappa shape index (κ2) is 9.03. The number of carbonyl (C=O) groups excluding carboxylic acids is 3. The quantitative estimate of drug-likeness (QED) is 0.482. The van der Waals surface area contributed by atoms with Crippen LogP contribution in [0.25, 0.3) is 0 Å². The minimum atomic E-state index is -0.700. The third-order valence-electron chi connectivity index (χ3n) is 3.44. The lowest BCUT2D eigenvalue weighted by atomic mass is 9.82. The number of rotatable bonds is 8. The minimum Gasteiger partial charge on any atom is -0.466 e. The Morgan fingerprint density at radius 2 is 1.60 bits per heavy atom. The third kappa shape index (κ3) is 7.29. The zero-order valence-corrected chi connectivity index (χ0v) is 15.8. The molecule has 0 aromatic carbocycles. The molecular formula is C17H29NO7. The monoisotopic (exact) mass is 359 g/mol. The number of amides is 1. The number of esters is 2. The van der Waals surface area contributed by atoms with Gasteiger partial charge in [0, 0.05) is 12.0 Å². The Bertz CT molecular complexity index is 480. The van der Waals surface area contributed by atoms with Crippen LogP contribution in [0.1, 0.15) is 41.0 Å². The topological polar surface area (TPSA) is 91.4 Å². The molecule has 0 bridgehead atoms. The Kier molecular flexibility index (Phi) is 7.66. The molecule has 0 aromatic heterocycles. The second-order valence-corrected chi connectivity index (χ2v) is 7.12. The van der Waals surface area contributed by atoms with Crippen molar-refractivity contribution in [2.24, 2.45) is 5.41 Å². The van der Waals surface area contributed by atoms with Crippen molar-refractivity contribution in [2.45, 2.75) is 46.6 Å². The van der Waals surface area contributed by atoms with Crippen molar-refractivity contribution in [3.63, 3.8) is 0 Å². The molecule has 1 heterocycles. The number of nitrogens with zero attached hydrogens (tertiary/aromatic N) is 1. The number of carbonyl (C=O) groups is 3. The first-order valence-corrected chi connectivity index (χ1v) is 8.48. The van der Waals surface area contributed by atoms with Crippen molar-refractivity contribution in [1.82, 2.24) is 4.90 Å². The van der Waals surface area contributed by atoms with Crippen LogP contribution in [-0.4, -0.2) is 68.0 Å². The molecule has 0 unspecified atom stereocenters. The fraction of sp³-hybridized carbons (Fsp3) is 0.824. The van der Waals surface area contributed by atoms with E-state index in [1.165, 1.54) is 4.90 Å². The smallest absolute Gasteiger partial charge is 0.410 e. The van der Waals surface area contributed by atoms with E-state index in [0.29, 0.717) is 13.2 Å². The minimum absolute atomic E-state index is 0.114. The predicted molar refractivity (Wildman–Crippen MR) is 88.9 cm³/mol. The van der Waals surface area contributed by atoms with Crippen LogP contribution in [0.2, 0.25) is 0 Å². The number of hydrogen-bond acceptors (Lipinski definition) is 7. The first-order valence-electron chi connectivity index (χ1n) is 8.48. The van der Waals surface area contributed by atoms with Gasteiger partial charge in [0.2, 0.25) is 0 Å². The Morgan fingerprint density at radius 1 is 1.04 bits per heavy atom. The summed E-state index contributed by atoms with van der Waals surface area (Å²) in [6.45, 7) is 9.70. The Labute approximate surface area is 148 Å². The van der Waals surface area contributed by atoms with Gasteiger partial charge in [-0.3, -0.25) is 14.5 Å². The van der Waals surface area contributed by atoms with Gasteiger partial charge >= 0.3 is 18.0 Å². The molecule has 25 heavy (non-hydrogen) atoms. The van der Waals surface area contributed by atoms with Gasteiger partial charge in [-0.25, -0.2) is 4.79 Å². The Morgan fingerprint density at radius 3 is 2.04 bits per heavy atom. The highest BCUT2D eigenvalue weighted by atomic mass is 16.6. The predicted octanol–water partition coefficient (Wildman–Crippen LogP) is 1.76. The van der Waals surface area contributed by atoms with Crippen molar-refractivity contribution < 1.29 is 33.3 Å². The van der Waals surface area contributed by atoms with E-state index in [-0.39, 0.29) is 38.7 Å². The van der Waals surface area contributed by atoms with Crippen LogP contribution in [0.15, 0.2) is 0 Å². The summed E-state index contributed by atoms with van der Waals surface area (Å²) < 4.78 is 20.5. The van der Waals surface area contributed by atoms with Crippen LogP contribution in [0, 0.1) is 5.41 Å². The van der Waals surface area contributed by atoms with Gasteiger partial charge in [0.05, 0.1) is 32.8 Å². The lowest BCUT2D eigenvalue weighted by molar-refractivity contribution is -0.166. The molecule has 1 fully saturated rings. The highest BCUT2D eigenvalue weighted by molar-refractivity contribution is 5.78. The first kappa shape index (κ1) is 21.2. The van der Waals surface area contributed by atoms with E-state index in [2.05, 4.69) is 0 Å². The molecule has 0 aliphatic carbocycles. The summed E-state index contributed by atoms with van der Waals surface area (Å²) in [4.78, 5) is 37.4. The van der Waals surface area contributed by atoms with Gasteiger partial charge in [-0.2, -0.15) is 0 Å². The van der Waals surface area contributed by atoms with E-state index in [0.717, 1.165) is 0 Å². The van der Waals surface area contributed by atoms with Crippen LogP contribution < -0.4 is 0 Å². The summed E-state index contributed by atoms with van der Waals surface area (Å²) in [5, 5.41) is 0. The summed E-state index contributed by atoms with van der Waals surface area (Å²) in [6, 6.07) is 0. The van der Waals surface area contributed by atoms with E-state index in [4.69, 9.17) is 18.9 Å². The molecule has 1 rings (SSSR count). The maximum Gasteiger partial charge on any atom is 0.410 e.